The molecule has 0 aliphatic carbocycles. The number of carboxylic acid groups (broad SMARTS) is 1. The molecule has 0 aliphatic heterocycles. The van der Waals surface area contributed by atoms with Gasteiger partial charge in [0.05, 0.1) is 0 Å². The summed E-state index contributed by atoms with van der Waals surface area (Å²) in [5, 5.41) is 13.7. The fourth-order valence-corrected chi connectivity index (χ4v) is 0.683. The molecule has 0 aromatic heterocycles. The van der Waals surface area contributed by atoms with Crippen molar-refractivity contribution < 1.29 is 14.7 Å². The fourth-order valence-electron chi connectivity index (χ4n) is 0.683. The lowest BCUT2D eigenvalue weighted by atomic mass is 10.4. The van der Waals surface area contributed by atoms with Crippen molar-refractivity contribution in [1.29, 1.82) is 0 Å². The van der Waals surface area contributed by atoms with Gasteiger partial charge in [-0.1, -0.05) is 0 Å². The Morgan fingerprint density at radius 2 is 2.00 bits per heavy atom. The summed E-state index contributed by atoms with van der Waals surface area (Å²) in [4.78, 5) is 20.8. The molecule has 3 N–H and O–H groups in total. The SMILES string of the molecule is CNCCCNC(=O)C=CC(=O)O. The fraction of sp³-hybridized carbons (Fsp3) is 0.500. The molecule has 13 heavy (non-hydrogen) atoms. The zero-order valence-corrected chi connectivity index (χ0v) is 7.54. The summed E-state index contributed by atoms with van der Waals surface area (Å²) >= 11 is 0. The van der Waals surface area contributed by atoms with Crippen molar-refractivity contribution in [3.63, 3.8) is 0 Å². The Morgan fingerprint density at radius 1 is 1.31 bits per heavy atom. The van der Waals surface area contributed by atoms with Crippen molar-refractivity contribution >= 4 is 11.9 Å². The van der Waals surface area contributed by atoms with Crippen LogP contribution in [0.1, 0.15) is 6.42 Å². The standard InChI is InChI=1S/C8H14N2O3/c1-9-5-2-6-10-7(11)3-4-8(12)13/h3-4,9H,2,5-6H2,1H3,(H,10,11)(H,12,13). The van der Waals surface area contributed by atoms with E-state index in [1.165, 1.54) is 0 Å². The number of aliphatic carboxylic acids is 1. The van der Waals surface area contributed by atoms with Gasteiger partial charge in [0.2, 0.25) is 5.91 Å². The first-order valence-corrected chi connectivity index (χ1v) is 4.00. The van der Waals surface area contributed by atoms with Gasteiger partial charge >= 0.3 is 5.97 Å². The van der Waals surface area contributed by atoms with Crippen LogP contribution < -0.4 is 10.6 Å². The first-order valence-electron chi connectivity index (χ1n) is 4.00. The van der Waals surface area contributed by atoms with Crippen LogP contribution in [0.25, 0.3) is 0 Å². The van der Waals surface area contributed by atoms with Crippen molar-refractivity contribution in [3.05, 3.63) is 12.2 Å². The van der Waals surface area contributed by atoms with Crippen molar-refractivity contribution in [2.45, 2.75) is 6.42 Å². The highest BCUT2D eigenvalue weighted by atomic mass is 16.4. The lowest BCUT2D eigenvalue weighted by Gasteiger charge is -2.00. The first kappa shape index (κ1) is 11.6. The molecule has 0 bridgehead atoms. The molecule has 0 aromatic carbocycles. The number of carbonyl (C=O) groups is 2. The maximum Gasteiger partial charge on any atom is 0.328 e. The summed E-state index contributed by atoms with van der Waals surface area (Å²) in [6.07, 6.45) is 2.64. The molecule has 0 radical (unpaired) electrons. The lowest BCUT2D eigenvalue weighted by molar-refractivity contribution is -0.131. The van der Waals surface area contributed by atoms with Crippen molar-refractivity contribution in [2.75, 3.05) is 20.1 Å². The lowest BCUT2D eigenvalue weighted by Crippen LogP contribution is -2.24. The second-order valence-corrected chi connectivity index (χ2v) is 2.42. The van der Waals surface area contributed by atoms with Crippen LogP contribution in [0.15, 0.2) is 12.2 Å². The Morgan fingerprint density at radius 3 is 2.54 bits per heavy atom. The summed E-state index contributed by atoms with van der Waals surface area (Å²) in [5.74, 6) is -1.50. The Bertz CT molecular complexity index is 202. The van der Waals surface area contributed by atoms with Crippen LogP contribution in [0.4, 0.5) is 0 Å². The van der Waals surface area contributed by atoms with E-state index in [1.54, 1.807) is 0 Å². The number of hydrogen-bond donors (Lipinski definition) is 3. The number of carbonyl (C=O) groups excluding carboxylic acids is 1. The summed E-state index contributed by atoms with van der Waals surface area (Å²) < 4.78 is 0. The van der Waals surface area contributed by atoms with E-state index >= 15 is 0 Å². The predicted molar refractivity (Wildman–Crippen MR) is 48.3 cm³/mol. The van der Waals surface area contributed by atoms with Crippen LogP contribution in [0, 0.1) is 0 Å². The molecule has 0 heterocycles. The Balaban J connectivity index is 3.46. The van der Waals surface area contributed by atoms with Crippen LogP contribution in [0.5, 0.6) is 0 Å². The van der Waals surface area contributed by atoms with Crippen molar-refractivity contribution in [2.24, 2.45) is 0 Å². The van der Waals surface area contributed by atoms with Crippen LogP contribution in [0.2, 0.25) is 0 Å². The predicted octanol–water partition coefficient (Wildman–Crippen LogP) is -0.647. The monoisotopic (exact) mass is 186 g/mol. The molecule has 0 spiro atoms. The molecular formula is C8H14N2O3. The maximum absolute atomic E-state index is 10.8. The second kappa shape index (κ2) is 7.30. The molecule has 1 amide bonds. The number of rotatable bonds is 6. The first-order chi connectivity index (χ1) is 6.16. The minimum Gasteiger partial charge on any atom is -0.478 e. The number of nitrogens with one attached hydrogen (secondary N) is 2. The van der Waals surface area contributed by atoms with Gasteiger partial charge in [0.1, 0.15) is 0 Å². The summed E-state index contributed by atoms with van der Waals surface area (Å²) in [5.41, 5.74) is 0. The molecular weight excluding hydrogens is 172 g/mol. The smallest absolute Gasteiger partial charge is 0.328 e. The van der Waals surface area contributed by atoms with Gasteiger partial charge in [-0.2, -0.15) is 0 Å². The highest BCUT2D eigenvalue weighted by Gasteiger charge is 1.94. The van der Waals surface area contributed by atoms with Gasteiger partial charge in [0.15, 0.2) is 0 Å². The van der Waals surface area contributed by atoms with E-state index < -0.39 is 5.97 Å². The van der Waals surface area contributed by atoms with E-state index in [1.807, 2.05) is 7.05 Å². The molecule has 0 aliphatic rings. The van der Waals surface area contributed by atoms with Crippen LogP contribution >= 0.6 is 0 Å². The second-order valence-electron chi connectivity index (χ2n) is 2.42. The normalized spacial score (nSPS) is 10.2. The van der Waals surface area contributed by atoms with Gasteiger partial charge in [-0.3, -0.25) is 4.79 Å². The highest BCUT2D eigenvalue weighted by Crippen LogP contribution is 1.76. The van der Waals surface area contributed by atoms with Crippen molar-refractivity contribution in [3.8, 4) is 0 Å². The average Bonchev–Trinajstić information content (AvgIpc) is 2.09. The van der Waals surface area contributed by atoms with Gasteiger partial charge in [0.25, 0.3) is 0 Å². The van der Waals surface area contributed by atoms with E-state index in [9.17, 15) is 9.59 Å². The molecule has 5 heteroatoms. The van der Waals surface area contributed by atoms with Crippen LogP contribution in [-0.4, -0.2) is 37.1 Å². The average molecular weight is 186 g/mol. The van der Waals surface area contributed by atoms with Gasteiger partial charge in [0, 0.05) is 18.7 Å². The summed E-state index contributed by atoms with van der Waals surface area (Å²) in [6.45, 7) is 1.37. The largest absolute Gasteiger partial charge is 0.478 e. The molecule has 5 nitrogen and oxygen atoms in total. The third-order valence-corrected chi connectivity index (χ3v) is 1.28. The Kier molecular flexibility index (Phi) is 6.53. The van der Waals surface area contributed by atoms with Crippen molar-refractivity contribution in [1.82, 2.24) is 10.6 Å². The van der Waals surface area contributed by atoms with Gasteiger partial charge in [-0.05, 0) is 20.0 Å². The van der Waals surface area contributed by atoms with Gasteiger partial charge in [-0.15, -0.1) is 0 Å². The number of amides is 1. The molecule has 0 unspecified atom stereocenters. The Hall–Kier alpha value is -1.36. The maximum atomic E-state index is 10.8. The minimum atomic E-state index is -1.12. The third kappa shape index (κ3) is 8.55. The molecule has 0 rings (SSSR count). The molecule has 0 saturated heterocycles. The molecule has 0 fully saturated rings. The van der Waals surface area contributed by atoms with Gasteiger partial charge in [-0.25, -0.2) is 4.79 Å². The third-order valence-electron chi connectivity index (χ3n) is 1.28. The van der Waals surface area contributed by atoms with Crippen LogP contribution in [-0.2, 0) is 9.59 Å². The minimum absolute atomic E-state index is 0.376. The zero-order chi connectivity index (χ0) is 10.1. The van der Waals surface area contributed by atoms with E-state index in [4.69, 9.17) is 5.11 Å². The van der Waals surface area contributed by atoms with Crippen LogP contribution in [0.3, 0.4) is 0 Å². The molecule has 0 aromatic rings. The number of carboxylic acids is 1. The van der Waals surface area contributed by atoms with E-state index in [-0.39, 0.29) is 5.91 Å². The molecule has 0 saturated carbocycles. The summed E-state index contributed by atoms with van der Waals surface area (Å²) in [6, 6.07) is 0. The quantitative estimate of drug-likeness (QED) is 0.380. The Labute approximate surface area is 76.8 Å². The van der Waals surface area contributed by atoms with Gasteiger partial charge < -0.3 is 15.7 Å². The molecule has 74 valence electrons. The zero-order valence-electron chi connectivity index (χ0n) is 7.54. The highest BCUT2D eigenvalue weighted by molar-refractivity contribution is 5.93. The van der Waals surface area contributed by atoms with E-state index in [2.05, 4.69) is 10.6 Å². The topological polar surface area (TPSA) is 78.4 Å². The molecule has 0 atom stereocenters. The van der Waals surface area contributed by atoms with E-state index in [0.717, 1.165) is 25.1 Å². The number of hydrogen-bond acceptors (Lipinski definition) is 3. The van der Waals surface area contributed by atoms with E-state index in [0.29, 0.717) is 6.54 Å². The summed E-state index contributed by atoms with van der Waals surface area (Å²) in [7, 11) is 1.83.